The van der Waals surface area contributed by atoms with Gasteiger partial charge in [0, 0.05) is 10.9 Å². The van der Waals surface area contributed by atoms with Crippen molar-refractivity contribution in [1.29, 1.82) is 0 Å². The van der Waals surface area contributed by atoms with Crippen molar-refractivity contribution in [2.24, 2.45) is 0 Å². The summed E-state index contributed by atoms with van der Waals surface area (Å²) in [5, 5.41) is 22.0. The Morgan fingerprint density at radius 2 is 1.19 bits per heavy atom. The first-order chi connectivity index (χ1) is 9.15. The zero-order chi connectivity index (χ0) is 16.8. The van der Waals surface area contributed by atoms with Gasteiger partial charge in [0.25, 0.3) is 0 Å². The van der Waals surface area contributed by atoms with E-state index in [0.29, 0.717) is 5.75 Å². The Labute approximate surface area is 131 Å². The Kier molecular flexibility index (Phi) is 4.76. The molecule has 1 aromatic rings. The molecule has 0 aromatic heterocycles. The number of phenolic OH excluding ortho intramolecular Hbond substituents is 2. The second kappa shape index (κ2) is 5.47. The molecule has 2 nitrogen and oxygen atoms in total. The summed E-state index contributed by atoms with van der Waals surface area (Å²) in [6.45, 7) is 19.4. The summed E-state index contributed by atoms with van der Waals surface area (Å²) in [7, 11) is -0.648. The van der Waals surface area contributed by atoms with Crippen molar-refractivity contribution in [2.45, 2.75) is 78.0 Å². The minimum absolute atomic E-state index is 0.0496. The Balaban J connectivity index is 3.65. The maximum absolute atomic E-state index is 10.9. The first-order valence-corrected chi connectivity index (χ1v) is 8.86. The molecule has 0 radical (unpaired) electrons. The van der Waals surface area contributed by atoms with Crippen LogP contribution in [0.25, 0.3) is 0 Å². The van der Waals surface area contributed by atoms with Crippen molar-refractivity contribution in [3.05, 3.63) is 17.7 Å². The van der Waals surface area contributed by atoms with Crippen LogP contribution >= 0.6 is 7.92 Å². The molecular formula is C18H31O2P. The topological polar surface area (TPSA) is 40.5 Å². The zero-order valence-corrected chi connectivity index (χ0v) is 15.9. The van der Waals surface area contributed by atoms with E-state index in [0.717, 1.165) is 10.9 Å². The van der Waals surface area contributed by atoms with E-state index in [1.807, 2.05) is 0 Å². The molecule has 0 amide bonds. The lowest BCUT2D eigenvalue weighted by atomic mass is 9.86. The molecule has 0 fully saturated rings. The Bertz CT molecular complexity index is 500. The maximum atomic E-state index is 10.9. The number of hydrogen-bond donors (Lipinski definition) is 2. The molecule has 0 saturated heterocycles. The van der Waals surface area contributed by atoms with Gasteiger partial charge in [0.05, 0.1) is 0 Å². The molecule has 0 heterocycles. The fourth-order valence-electron chi connectivity index (χ4n) is 3.08. The molecule has 2 N–H and O–H groups in total. The smallest absolute Gasteiger partial charge is 0.127 e. The van der Waals surface area contributed by atoms with Crippen LogP contribution in [-0.2, 0) is 5.41 Å². The van der Waals surface area contributed by atoms with Crippen LogP contribution in [0.5, 0.6) is 11.5 Å². The molecule has 21 heavy (non-hydrogen) atoms. The van der Waals surface area contributed by atoms with E-state index in [2.05, 4.69) is 62.3 Å². The van der Waals surface area contributed by atoms with Crippen molar-refractivity contribution in [1.82, 2.24) is 0 Å². The molecule has 0 saturated carbocycles. The quantitative estimate of drug-likeness (QED) is 0.559. The lowest BCUT2D eigenvalue weighted by Crippen LogP contribution is -2.32. The molecule has 0 spiro atoms. The van der Waals surface area contributed by atoms with Gasteiger partial charge in [0.15, 0.2) is 0 Å². The molecule has 0 aliphatic heterocycles. The van der Waals surface area contributed by atoms with Crippen LogP contribution in [0, 0.1) is 0 Å². The van der Waals surface area contributed by atoms with Crippen molar-refractivity contribution in [2.75, 3.05) is 0 Å². The normalized spacial score (nSPS) is 13.8. The third kappa shape index (κ3) is 4.13. The zero-order valence-electron chi connectivity index (χ0n) is 15.0. The van der Waals surface area contributed by atoms with Crippen LogP contribution in [0.2, 0.25) is 0 Å². The fraction of sp³-hybridized carbons (Fsp3) is 0.667. The summed E-state index contributed by atoms with van der Waals surface area (Å²) in [5.74, 6) is 0.602. The van der Waals surface area contributed by atoms with Crippen LogP contribution in [0.4, 0.5) is 0 Å². The summed E-state index contributed by atoms with van der Waals surface area (Å²) < 4.78 is 0. The second-order valence-electron chi connectivity index (χ2n) is 8.79. The molecule has 0 aliphatic carbocycles. The van der Waals surface area contributed by atoms with Gasteiger partial charge in [0.2, 0.25) is 0 Å². The summed E-state index contributed by atoms with van der Waals surface area (Å²) in [6, 6.07) is 3.45. The largest absolute Gasteiger partial charge is 0.508 e. The van der Waals surface area contributed by atoms with Gasteiger partial charge in [-0.25, -0.2) is 0 Å². The van der Waals surface area contributed by atoms with Gasteiger partial charge < -0.3 is 10.2 Å². The number of rotatable bonds is 1. The van der Waals surface area contributed by atoms with Crippen LogP contribution in [0.15, 0.2) is 12.1 Å². The first kappa shape index (κ1) is 18.3. The Hall–Kier alpha value is -0.750. The maximum Gasteiger partial charge on any atom is 0.127 e. The molecule has 3 heteroatoms. The molecular weight excluding hydrogens is 279 g/mol. The van der Waals surface area contributed by atoms with Gasteiger partial charge in [-0.1, -0.05) is 70.2 Å². The monoisotopic (exact) mass is 310 g/mol. The van der Waals surface area contributed by atoms with Gasteiger partial charge >= 0.3 is 0 Å². The predicted octanol–water partition coefficient (Wildman–Crippen LogP) is 5.10. The second-order valence-corrected chi connectivity index (χ2v) is 12.6. The average molecular weight is 310 g/mol. The molecule has 0 aliphatic rings. The van der Waals surface area contributed by atoms with Gasteiger partial charge in [-0.05, 0) is 27.9 Å². The van der Waals surface area contributed by atoms with Crippen molar-refractivity contribution < 1.29 is 10.2 Å². The van der Waals surface area contributed by atoms with Crippen molar-refractivity contribution in [3.63, 3.8) is 0 Å². The minimum atomic E-state index is -0.648. The molecule has 0 atom stereocenters. The lowest BCUT2D eigenvalue weighted by Gasteiger charge is -2.42. The number of hydrogen-bond acceptors (Lipinski definition) is 2. The fourth-order valence-corrected chi connectivity index (χ4v) is 7.13. The van der Waals surface area contributed by atoms with Crippen LogP contribution < -0.4 is 5.30 Å². The summed E-state index contributed by atoms with van der Waals surface area (Å²) in [5.41, 5.74) is 0.618. The van der Waals surface area contributed by atoms with Crippen LogP contribution in [0.1, 0.15) is 67.9 Å². The number of phenols is 2. The Morgan fingerprint density at radius 3 is 1.52 bits per heavy atom. The van der Waals surface area contributed by atoms with E-state index >= 15 is 0 Å². The third-order valence-corrected chi connectivity index (χ3v) is 6.97. The highest BCUT2D eigenvalue weighted by molar-refractivity contribution is 7.68. The highest BCUT2D eigenvalue weighted by Crippen LogP contribution is 2.60. The Morgan fingerprint density at radius 1 is 0.762 bits per heavy atom. The van der Waals surface area contributed by atoms with Crippen molar-refractivity contribution >= 4 is 13.2 Å². The van der Waals surface area contributed by atoms with E-state index in [-0.39, 0.29) is 21.5 Å². The minimum Gasteiger partial charge on any atom is -0.508 e. The highest BCUT2D eigenvalue weighted by atomic mass is 31.1. The van der Waals surface area contributed by atoms with E-state index in [1.54, 1.807) is 12.1 Å². The molecule has 1 aromatic carbocycles. The third-order valence-electron chi connectivity index (χ3n) is 3.47. The summed E-state index contributed by atoms with van der Waals surface area (Å²) in [6.07, 6.45) is 0. The van der Waals surface area contributed by atoms with Crippen molar-refractivity contribution in [3.8, 4) is 11.5 Å². The number of benzene rings is 1. The summed E-state index contributed by atoms with van der Waals surface area (Å²) >= 11 is 0. The molecule has 0 bridgehead atoms. The predicted molar refractivity (Wildman–Crippen MR) is 94.5 cm³/mol. The molecule has 1 rings (SSSR count). The molecule has 120 valence electrons. The van der Waals surface area contributed by atoms with E-state index < -0.39 is 7.92 Å². The summed E-state index contributed by atoms with van der Waals surface area (Å²) in [4.78, 5) is 0. The van der Waals surface area contributed by atoms with Gasteiger partial charge in [-0.3, -0.25) is 0 Å². The van der Waals surface area contributed by atoms with Gasteiger partial charge in [0.1, 0.15) is 11.5 Å². The van der Waals surface area contributed by atoms with Crippen LogP contribution in [-0.4, -0.2) is 20.5 Å². The SMILES string of the molecule is CC(C)(C)c1cc(O)cc(P(C(C)(C)C)C(C)(C)C)c1O. The van der Waals surface area contributed by atoms with Gasteiger partial charge in [-0.15, -0.1) is 0 Å². The van der Waals surface area contributed by atoms with E-state index in [4.69, 9.17) is 0 Å². The molecule has 0 unspecified atom stereocenters. The lowest BCUT2D eigenvalue weighted by molar-refractivity contribution is 0.439. The van der Waals surface area contributed by atoms with Crippen LogP contribution in [0.3, 0.4) is 0 Å². The average Bonchev–Trinajstić information content (AvgIpc) is 2.16. The highest BCUT2D eigenvalue weighted by Gasteiger charge is 2.38. The number of aromatic hydroxyl groups is 2. The first-order valence-electron chi connectivity index (χ1n) is 7.52. The van der Waals surface area contributed by atoms with E-state index in [9.17, 15) is 10.2 Å². The van der Waals surface area contributed by atoms with E-state index in [1.165, 1.54) is 0 Å². The standard InChI is InChI=1S/C18H31O2P/c1-16(2,3)13-10-12(19)11-14(15(13)20)21(17(4,5)6)18(7,8)9/h10-11,19-20H,1-9H3. The van der Waals surface area contributed by atoms with Gasteiger partial charge in [-0.2, -0.15) is 0 Å².